The van der Waals surface area contributed by atoms with Crippen LogP contribution in [0.4, 0.5) is 11.4 Å². The molecule has 0 saturated carbocycles. The van der Waals surface area contributed by atoms with E-state index in [0.717, 1.165) is 37.2 Å². The van der Waals surface area contributed by atoms with Crippen LogP contribution in [0, 0.1) is 0 Å². The molecule has 0 bridgehead atoms. The minimum absolute atomic E-state index is 0.111. The van der Waals surface area contributed by atoms with Crippen LogP contribution in [-0.4, -0.2) is 55.5 Å². The normalized spacial score (nSPS) is 15.9. The summed E-state index contributed by atoms with van der Waals surface area (Å²) in [4.78, 5) is 43.7. The zero-order valence-electron chi connectivity index (χ0n) is 18.8. The summed E-state index contributed by atoms with van der Waals surface area (Å²) in [6.07, 6.45) is 2.41. The molecule has 1 saturated heterocycles. The highest BCUT2D eigenvalue weighted by atomic mass is 35.5. The first-order chi connectivity index (χ1) is 16.0. The summed E-state index contributed by atoms with van der Waals surface area (Å²) in [5.74, 6) is -0.893. The van der Waals surface area contributed by atoms with Gasteiger partial charge in [-0.3, -0.25) is 19.3 Å². The predicted octanol–water partition coefficient (Wildman–Crippen LogP) is 3.88. The molecule has 1 fully saturated rings. The fourth-order valence-corrected chi connectivity index (χ4v) is 4.62. The molecule has 8 heteroatoms. The van der Waals surface area contributed by atoms with Gasteiger partial charge in [0, 0.05) is 37.6 Å². The molecule has 0 radical (unpaired) electrons. The van der Waals surface area contributed by atoms with Gasteiger partial charge >= 0.3 is 5.97 Å². The molecular weight excluding hydrogens is 442 g/mol. The monoisotopic (exact) mass is 469 g/mol. The van der Waals surface area contributed by atoms with Crippen LogP contribution in [0.2, 0.25) is 5.02 Å². The van der Waals surface area contributed by atoms with Gasteiger partial charge in [0.1, 0.15) is 6.54 Å². The van der Waals surface area contributed by atoms with Gasteiger partial charge in [-0.2, -0.15) is 0 Å². The molecular formula is C25H28ClN3O4. The fraction of sp³-hybridized carbons (Fsp3) is 0.400. The third-order valence-electron chi connectivity index (χ3n) is 6.08. The first-order valence-electron chi connectivity index (χ1n) is 11.4. The Morgan fingerprint density at radius 1 is 1.06 bits per heavy atom. The average Bonchev–Trinajstić information content (AvgIpc) is 3.30. The lowest BCUT2D eigenvalue weighted by molar-refractivity contribution is -0.144. The van der Waals surface area contributed by atoms with Crippen molar-refractivity contribution in [2.75, 3.05) is 42.6 Å². The second-order valence-electron chi connectivity index (χ2n) is 8.25. The van der Waals surface area contributed by atoms with Crippen molar-refractivity contribution in [2.45, 2.75) is 32.7 Å². The summed E-state index contributed by atoms with van der Waals surface area (Å²) in [7, 11) is 0. The van der Waals surface area contributed by atoms with Crippen molar-refractivity contribution in [3.05, 3.63) is 58.6 Å². The highest BCUT2D eigenvalue weighted by Gasteiger charge is 2.31. The Kier molecular flexibility index (Phi) is 7.18. The summed E-state index contributed by atoms with van der Waals surface area (Å²) in [6.45, 7) is 4.45. The molecule has 2 aromatic carbocycles. The molecule has 0 N–H and O–H groups in total. The van der Waals surface area contributed by atoms with Gasteiger partial charge in [-0.05, 0) is 49.6 Å². The van der Waals surface area contributed by atoms with Crippen molar-refractivity contribution in [1.29, 1.82) is 0 Å². The molecule has 0 spiro atoms. The first-order valence-corrected chi connectivity index (χ1v) is 11.7. The second kappa shape index (κ2) is 10.3. The van der Waals surface area contributed by atoms with Gasteiger partial charge in [0.25, 0.3) is 5.91 Å². The van der Waals surface area contributed by atoms with Gasteiger partial charge < -0.3 is 14.5 Å². The Morgan fingerprint density at radius 2 is 1.82 bits per heavy atom. The van der Waals surface area contributed by atoms with E-state index >= 15 is 0 Å². The number of carbonyl (C=O) groups excluding carboxylic acids is 3. The van der Waals surface area contributed by atoms with Gasteiger partial charge in [0.05, 0.1) is 23.6 Å². The third-order valence-corrected chi connectivity index (χ3v) is 6.39. The van der Waals surface area contributed by atoms with E-state index in [0.29, 0.717) is 29.4 Å². The van der Waals surface area contributed by atoms with Crippen molar-refractivity contribution >= 4 is 40.8 Å². The minimum atomic E-state index is -0.347. The molecule has 7 nitrogen and oxygen atoms in total. The molecule has 0 aromatic heterocycles. The Hall–Kier alpha value is -3.06. The lowest BCUT2D eigenvalue weighted by atomic mass is 10.1. The van der Waals surface area contributed by atoms with E-state index in [1.807, 2.05) is 36.4 Å². The molecule has 0 aliphatic carbocycles. The number of para-hydroxylation sites is 1. The number of amides is 2. The van der Waals surface area contributed by atoms with Gasteiger partial charge in [-0.1, -0.05) is 29.8 Å². The molecule has 2 aliphatic heterocycles. The molecule has 0 atom stereocenters. The van der Waals surface area contributed by atoms with Crippen LogP contribution in [0.25, 0.3) is 0 Å². The molecule has 2 aliphatic rings. The summed E-state index contributed by atoms with van der Waals surface area (Å²) in [5.41, 5.74) is 2.88. The van der Waals surface area contributed by atoms with Crippen molar-refractivity contribution in [3.63, 3.8) is 0 Å². The minimum Gasteiger partial charge on any atom is -0.466 e. The standard InChI is InChI=1S/C25H28ClN3O4/c1-2-33-24(31)11-14-28-16-18-7-3-4-8-22(18)29(17-23(28)30)25(32)20-10-9-19(15-21(20)26)27-12-5-6-13-27/h3-4,7-10,15H,2,5-6,11-14,16-17H2,1H3. The van der Waals surface area contributed by atoms with Crippen molar-refractivity contribution in [3.8, 4) is 0 Å². The fourth-order valence-electron chi connectivity index (χ4n) is 4.36. The van der Waals surface area contributed by atoms with E-state index in [2.05, 4.69) is 4.90 Å². The molecule has 2 heterocycles. The SMILES string of the molecule is CCOC(=O)CCN1Cc2ccccc2N(C(=O)c2ccc(N3CCCC3)cc2Cl)CC1=O. The Bertz CT molecular complexity index is 1050. The zero-order chi connectivity index (χ0) is 23.4. The van der Waals surface area contributed by atoms with Crippen LogP contribution < -0.4 is 9.80 Å². The molecule has 33 heavy (non-hydrogen) atoms. The molecule has 174 valence electrons. The highest BCUT2D eigenvalue weighted by molar-refractivity contribution is 6.35. The molecule has 2 aromatic rings. The van der Waals surface area contributed by atoms with Crippen molar-refractivity contribution < 1.29 is 19.1 Å². The van der Waals surface area contributed by atoms with Crippen LogP contribution >= 0.6 is 11.6 Å². The molecule has 4 rings (SSSR count). The van der Waals surface area contributed by atoms with E-state index in [1.54, 1.807) is 17.9 Å². The van der Waals surface area contributed by atoms with Crippen molar-refractivity contribution in [2.24, 2.45) is 0 Å². The summed E-state index contributed by atoms with van der Waals surface area (Å²) in [5, 5.41) is 0.373. The van der Waals surface area contributed by atoms with E-state index in [-0.39, 0.29) is 37.3 Å². The Labute approximate surface area is 198 Å². The van der Waals surface area contributed by atoms with Crippen LogP contribution in [0.15, 0.2) is 42.5 Å². The van der Waals surface area contributed by atoms with Gasteiger partial charge in [0.15, 0.2) is 0 Å². The van der Waals surface area contributed by atoms with Crippen LogP contribution in [0.5, 0.6) is 0 Å². The third kappa shape index (κ3) is 5.14. The number of anilines is 2. The number of hydrogen-bond acceptors (Lipinski definition) is 5. The maximum Gasteiger partial charge on any atom is 0.307 e. The van der Waals surface area contributed by atoms with Crippen LogP contribution in [0.3, 0.4) is 0 Å². The Balaban J connectivity index is 1.58. The summed E-state index contributed by atoms with van der Waals surface area (Å²) >= 11 is 6.55. The summed E-state index contributed by atoms with van der Waals surface area (Å²) in [6, 6.07) is 12.9. The molecule has 2 amide bonds. The quantitative estimate of drug-likeness (QED) is 0.600. The number of carbonyl (C=O) groups is 3. The van der Waals surface area contributed by atoms with Crippen LogP contribution in [0.1, 0.15) is 42.1 Å². The smallest absolute Gasteiger partial charge is 0.307 e. The first kappa shape index (κ1) is 23.1. The number of benzene rings is 2. The van der Waals surface area contributed by atoms with E-state index < -0.39 is 0 Å². The second-order valence-corrected chi connectivity index (χ2v) is 8.66. The lowest BCUT2D eigenvalue weighted by Crippen LogP contribution is -2.41. The maximum atomic E-state index is 13.6. The lowest BCUT2D eigenvalue weighted by Gasteiger charge is -2.24. The molecule has 0 unspecified atom stereocenters. The van der Waals surface area contributed by atoms with E-state index in [9.17, 15) is 14.4 Å². The average molecular weight is 470 g/mol. The number of rotatable bonds is 6. The van der Waals surface area contributed by atoms with E-state index in [4.69, 9.17) is 16.3 Å². The zero-order valence-corrected chi connectivity index (χ0v) is 19.5. The van der Waals surface area contributed by atoms with Crippen molar-refractivity contribution in [1.82, 2.24) is 4.90 Å². The maximum absolute atomic E-state index is 13.6. The number of esters is 1. The van der Waals surface area contributed by atoms with Gasteiger partial charge in [-0.15, -0.1) is 0 Å². The predicted molar refractivity (Wildman–Crippen MR) is 128 cm³/mol. The van der Waals surface area contributed by atoms with Gasteiger partial charge in [-0.25, -0.2) is 0 Å². The highest BCUT2D eigenvalue weighted by Crippen LogP contribution is 2.31. The largest absolute Gasteiger partial charge is 0.466 e. The number of halogens is 1. The number of hydrogen-bond donors (Lipinski definition) is 0. The number of nitrogens with zero attached hydrogens (tertiary/aromatic N) is 3. The number of fused-ring (bicyclic) bond motifs is 1. The van der Waals surface area contributed by atoms with Crippen LogP contribution in [-0.2, 0) is 20.9 Å². The summed E-state index contributed by atoms with van der Waals surface area (Å²) < 4.78 is 4.99. The topological polar surface area (TPSA) is 70.2 Å². The van der Waals surface area contributed by atoms with E-state index in [1.165, 1.54) is 4.90 Å². The number of ether oxygens (including phenoxy) is 1. The van der Waals surface area contributed by atoms with Gasteiger partial charge in [0.2, 0.25) is 5.91 Å². The Morgan fingerprint density at radius 3 is 2.55 bits per heavy atom.